The second-order valence-electron chi connectivity index (χ2n) is 3.96. The number of nitrogens with one attached hydrogen (secondary N) is 1. The van der Waals surface area contributed by atoms with E-state index in [2.05, 4.69) is 5.32 Å². The van der Waals surface area contributed by atoms with Crippen LogP contribution in [0.2, 0.25) is 5.02 Å². The van der Waals surface area contributed by atoms with Gasteiger partial charge in [-0.25, -0.2) is 4.39 Å². The number of benzene rings is 2. The van der Waals surface area contributed by atoms with E-state index >= 15 is 0 Å². The summed E-state index contributed by atoms with van der Waals surface area (Å²) >= 11 is 5.83. The van der Waals surface area contributed by atoms with Crippen molar-refractivity contribution in [3.8, 4) is 6.07 Å². The van der Waals surface area contributed by atoms with Crippen LogP contribution in [-0.4, -0.2) is 5.91 Å². The molecule has 4 nitrogen and oxygen atoms in total. The Kier molecular flexibility index (Phi) is 3.87. The van der Waals surface area contributed by atoms with Crippen molar-refractivity contribution in [1.82, 2.24) is 0 Å². The fourth-order valence-electron chi connectivity index (χ4n) is 1.60. The molecule has 0 heterocycles. The van der Waals surface area contributed by atoms with Gasteiger partial charge >= 0.3 is 0 Å². The van der Waals surface area contributed by atoms with E-state index in [-0.39, 0.29) is 21.8 Å². The van der Waals surface area contributed by atoms with Crippen LogP contribution in [0.5, 0.6) is 0 Å². The lowest BCUT2D eigenvalue weighted by molar-refractivity contribution is 0.102. The largest absolute Gasteiger partial charge is 0.398 e. The average molecular weight is 290 g/mol. The lowest BCUT2D eigenvalue weighted by atomic mass is 10.1. The molecule has 0 fully saturated rings. The van der Waals surface area contributed by atoms with Gasteiger partial charge in [-0.3, -0.25) is 4.79 Å². The fraction of sp³-hybridized carbons (Fsp3) is 0. The molecule has 2 rings (SSSR count). The topological polar surface area (TPSA) is 78.9 Å². The second kappa shape index (κ2) is 5.59. The summed E-state index contributed by atoms with van der Waals surface area (Å²) < 4.78 is 13.4. The third kappa shape index (κ3) is 2.71. The SMILES string of the molecule is N#Cc1c(F)cccc1NC(=O)c1ccc(N)c(Cl)c1. The van der Waals surface area contributed by atoms with Gasteiger partial charge in [-0.05, 0) is 30.3 Å². The maximum Gasteiger partial charge on any atom is 0.255 e. The Labute approximate surface area is 119 Å². The molecule has 0 aliphatic carbocycles. The third-order valence-electron chi connectivity index (χ3n) is 2.64. The normalized spacial score (nSPS) is 9.85. The van der Waals surface area contributed by atoms with Crippen LogP contribution in [0.3, 0.4) is 0 Å². The van der Waals surface area contributed by atoms with Crippen LogP contribution in [0.4, 0.5) is 15.8 Å². The molecule has 0 spiro atoms. The minimum absolute atomic E-state index is 0.102. The monoisotopic (exact) mass is 289 g/mol. The van der Waals surface area contributed by atoms with Gasteiger partial charge in [0.15, 0.2) is 0 Å². The summed E-state index contributed by atoms with van der Waals surface area (Å²) in [7, 11) is 0. The van der Waals surface area contributed by atoms with Gasteiger partial charge in [0.25, 0.3) is 5.91 Å². The molecule has 3 N–H and O–H groups in total. The number of amides is 1. The van der Waals surface area contributed by atoms with Crippen molar-refractivity contribution in [2.24, 2.45) is 0 Å². The zero-order valence-corrected chi connectivity index (χ0v) is 10.9. The molecule has 2 aromatic carbocycles. The number of carbonyl (C=O) groups excluding carboxylic acids is 1. The van der Waals surface area contributed by atoms with Gasteiger partial charge in [0.2, 0.25) is 0 Å². The fourth-order valence-corrected chi connectivity index (χ4v) is 1.79. The smallest absolute Gasteiger partial charge is 0.255 e. The highest BCUT2D eigenvalue weighted by Gasteiger charge is 2.12. The molecule has 0 saturated heterocycles. The quantitative estimate of drug-likeness (QED) is 0.833. The van der Waals surface area contributed by atoms with Gasteiger partial charge in [0.1, 0.15) is 17.4 Å². The summed E-state index contributed by atoms with van der Waals surface area (Å²) in [5.41, 5.74) is 6.05. The first-order valence-corrected chi connectivity index (χ1v) is 5.95. The Balaban J connectivity index is 2.31. The van der Waals surface area contributed by atoms with Crippen molar-refractivity contribution < 1.29 is 9.18 Å². The van der Waals surface area contributed by atoms with E-state index in [1.807, 2.05) is 0 Å². The first-order valence-electron chi connectivity index (χ1n) is 5.58. The number of nitrogen functional groups attached to an aromatic ring is 1. The summed E-state index contributed by atoms with van der Waals surface area (Å²) in [6.45, 7) is 0. The van der Waals surface area contributed by atoms with E-state index < -0.39 is 11.7 Å². The highest BCUT2D eigenvalue weighted by molar-refractivity contribution is 6.33. The van der Waals surface area contributed by atoms with Gasteiger partial charge in [-0.15, -0.1) is 0 Å². The Hall–Kier alpha value is -2.58. The maximum atomic E-state index is 13.4. The number of hydrogen-bond acceptors (Lipinski definition) is 3. The molecular formula is C14H9ClFN3O. The van der Waals surface area contributed by atoms with Gasteiger partial charge in [0, 0.05) is 5.56 Å². The van der Waals surface area contributed by atoms with E-state index in [9.17, 15) is 9.18 Å². The molecule has 0 bridgehead atoms. The number of carbonyl (C=O) groups is 1. The van der Waals surface area contributed by atoms with E-state index in [1.54, 1.807) is 6.07 Å². The molecule has 0 atom stereocenters. The minimum atomic E-state index is -0.694. The van der Waals surface area contributed by atoms with Crippen molar-refractivity contribution in [3.05, 3.63) is 58.4 Å². The Bertz CT molecular complexity index is 725. The van der Waals surface area contributed by atoms with Crippen molar-refractivity contribution in [3.63, 3.8) is 0 Å². The van der Waals surface area contributed by atoms with E-state index in [0.717, 1.165) is 6.07 Å². The lowest BCUT2D eigenvalue weighted by Gasteiger charge is -2.08. The van der Waals surface area contributed by atoms with Crippen LogP contribution >= 0.6 is 11.6 Å². The molecule has 1 amide bonds. The van der Waals surface area contributed by atoms with Crippen molar-refractivity contribution in [1.29, 1.82) is 5.26 Å². The highest BCUT2D eigenvalue weighted by atomic mass is 35.5. The van der Waals surface area contributed by atoms with E-state index in [4.69, 9.17) is 22.6 Å². The summed E-state index contributed by atoms with van der Waals surface area (Å²) in [5, 5.41) is 11.6. The van der Waals surface area contributed by atoms with Crippen LogP contribution < -0.4 is 11.1 Å². The standard InChI is InChI=1S/C14H9ClFN3O/c15-10-6-8(4-5-12(10)18)14(20)19-13-3-1-2-11(16)9(13)7-17/h1-6H,18H2,(H,19,20). The predicted molar refractivity (Wildman–Crippen MR) is 74.9 cm³/mol. The average Bonchev–Trinajstić information content (AvgIpc) is 2.42. The van der Waals surface area contributed by atoms with E-state index in [0.29, 0.717) is 5.69 Å². The molecule has 0 saturated carbocycles. The van der Waals surface area contributed by atoms with Crippen molar-refractivity contribution in [2.45, 2.75) is 0 Å². The number of nitrogens with two attached hydrogens (primary N) is 1. The number of hydrogen-bond donors (Lipinski definition) is 2. The van der Waals surface area contributed by atoms with Crippen LogP contribution in [0.15, 0.2) is 36.4 Å². The number of nitriles is 1. The first-order chi connectivity index (χ1) is 9.52. The molecule has 0 radical (unpaired) electrons. The van der Waals surface area contributed by atoms with Gasteiger partial charge in [-0.1, -0.05) is 17.7 Å². The second-order valence-corrected chi connectivity index (χ2v) is 4.37. The Morgan fingerprint density at radius 3 is 2.75 bits per heavy atom. The Morgan fingerprint density at radius 1 is 1.35 bits per heavy atom. The van der Waals surface area contributed by atoms with E-state index in [1.165, 1.54) is 30.3 Å². The van der Waals surface area contributed by atoms with Gasteiger partial charge in [0.05, 0.1) is 16.4 Å². The highest BCUT2D eigenvalue weighted by Crippen LogP contribution is 2.22. The number of halogens is 2. The van der Waals surface area contributed by atoms with Crippen LogP contribution in [0.1, 0.15) is 15.9 Å². The van der Waals surface area contributed by atoms with Crippen LogP contribution in [0, 0.1) is 17.1 Å². The van der Waals surface area contributed by atoms with Crippen LogP contribution in [0.25, 0.3) is 0 Å². The number of nitrogens with zero attached hydrogens (tertiary/aromatic N) is 1. The summed E-state index contributed by atoms with van der Waals surface area (Å²) in [5.74, 6) is -1.20. The molecule has 100 valence electrons. The zero-order chi connectivity index (χ0) is 14.7. The minimum Gasteiger partial charge on any atom is -0.398 e. The van der Waals surface area contributed by atoms with Crippen LogP contribution in [-0.2, 0) is 0 Å². The molecular weight excluding hydrogens is 281 g/mol. The first kappa shape index (κ1) is 13.8. The molecule has 20 heavy (non-hydrogen) atoms. The summed E-state index contributed by atoms with van der Waals surface area (Å²) in [6, 6.07) is 10.1. The molecule has 0 aliphatic heterocycles. The molecule has 2 aromatic rings. The molecule has 0 unspecified atom stereocenters. The zero-order valence-electron chi connectivity index (χ0n) is 10.2. The van der Waals surface area contributed by atoms with Crippen molar-refractivity contribution in [2.75, 3.05) is 11.1 Å². The third-order valence-corrected chi connectivity index (χ3v) is 2.96. The lowest BCUT2D eigenvalue weighted by Crippen LogP contribution is -2.13. The summed E-state index contributed by atoms with van der Waals surface area (Å²) in [6.07, 6.45) is 0. The van der Waals surface area contributed by atoms with Crippen molar-refractivity contribution >= 4 is 28.9 Å². The van der Waals surface area contributed by atoms with Gasteiger partial charge in [-0.2, -0.15) is 5.26 Å². The maximum absolute atomic E-state index is 13.4. The number of rotatable bonds is 2. The molecule has 0 aromatic heterocycles. The number of anilines is 2. The molecule has 6 heteroatoms. The molecule has 0 aliphatic rings. The van der Waals surface area contributed by atoms with Gasteiger partial charge < -0.3 is 11.1 Å². The predicted octanol–water partition coefficient (Wildman–Crippen LogP) is 3.19. The Morgan fingerprint density at radius 2 is 2.10 bits per heavy atom. The summed E-state index contributed by atoms with van der Waals surface area (Å²) in [4.78, 5) is 12.0.